The second-order valence-corrected chi connectivity index (χ2v) is 6.81. The Morgan fingerprint density at radius 2 is 2.06 bits per heavy atom. The monoisotopic (exact) mass is 238 g/mol. The van der Waals surface area contributed by atoms with Crippen LogP contribution in [0.5, 0.6) is 0 Å². The van der Waals surface area contributed by atoms with Crippen LogP contribution in [0.25, 0.3) is 0 Å². The molecule has 0 bridgehead atoms. The zero-order valence-electron chi connectivity index (χ0n) is 12.1. The van der Waals surface area contributed by atoms with Crippen molar-refractivity contribution in [3.63, 3.8) is 0 Å². The van der Waals surface area contributed by atoms with Crippen molar-refractivity contribution in [3.05, 3.63) is 0 Å². The van der Waals surface area contributed by atoms with E-state index in [1.807, 2.05) is 0 Å². The van der Waals surface area contributed by atoms with Crippen LogP contribution in [0.1, 0.15) is 53.4 Å². The molecule has 0 aromatic rings. The van der Waals surface area contributed by atoms with Crippen LogP contribution < -0.4 is 5.32 Å². The van der Waals surface area contributed by atoms with Crippen LogP contribution >= 0.6 is 0 Å². The van der Waals surface area contributed by atoms with Crippen molar-refractivity contribution in [2.24, 2.45) is 11.3 Å². The minimum Gasteiger partial charge on any atom is -0.313 e. The van der Waals surface area contributed by atoms with E-state index in [2.05, 4.69) is 37.9 Å². The van der Waals surface area contributed by atoms with Crippen LogP contribution in [0.2, 0.25) is 0 Å². The maximum Gasteiger partial charge on any atom is 0.0159 e. The summed E-state index contributed by atoms with van der Waals surface area (Å²) < 4.78 is 0. The highest BCUT2D eigenvalue weighted by Crippen LogP contribution is 2.42. The Labute approximate surface area is 107 Å². The first-order valence-electron chi connectivity index (χ1n) is 7.52. The molecule has 17 heavy (non-hydrogen) atoms. The van der Waals surface area contributed by atoms with E-state index in [1.165, 1.54) is 38.8 Å². The van der Waals surface area contributed by atoms with Gasteiger partial charge in [0.25, 0.3) is 0 Å². The van der Waals surface area contributed by atoms with Crippen molar-refractivity contribution >= 4 is 0 Å². The van der Waals surface area contributed by atoms with E-state index >= 15 is 0 Å². The van der Waals surface area contributed by atoms with Crippen LogP contribution in [-0.4, -0.2) is 36.6 Å². The Kier molecular flexibility index (Phi) is 4.14. The standard InChI is InChI=1S/C15H30N2/c1-5-16-14-13(8-9-15(14,3)4)11-17-10-6-7-12(17)2/h12-14,16H,5-11H2,1-4H3. The Balaban J connectivity index is 1.95. The maximum absolute atomic E-state index is 3.75. The average Bonchev–Trinajstić information content (AvgIpc) is 2.78. The van der Waals surface area contributed by atoms with E-state index < -0.39 is 0 Å². The summed E-state index contributed by atoms with van der Waals surface area (Å²) in [6, 6.07) is 1.54. The summed E-state index contributed by atoms with van der Waals surface area (Å²) in [6.45, 7) is 13.3. The second kappa shape index (κ2) is 5.27. The lowest BCUT2D eigenvalue weighted by atomic mass is 9.84. The van der Waals surface area contributed by atoms with Gasteiger partial charge in [0.05, 0.1) is 0 Å². The minimum absolute atomic E-state index is 0.490. The topological polar surface area (TPSA) is 15.3 Å². The van der Waals surface area contributed by atoms with Gasteiger partial charge >= 0.3 is 0 Å². The van der Waals surface area contributed by atoms with E-state index in [9.17, 15) is 0 Å². The fraction of sp³-hybridized carbons (Fsp3) is 1.00. The predicted octanol–water partition coefficient (Wildman–Crippen LogP) is 2.89. The van der Waals surface area contributed by atoms with E-state index in [-0.39, 0.29) is 0 Å². The first-order chi connectivity index (χ1) is 8.04. The van der Waals surface area contributed by atoms with Crippen molar-refractivity contribution in [1.82, 2.24) is 10.2 Å². The number of hydrogen-bond donors (Lipinski definition) is 1. The van der Waals surface area contributed by atoms with Gasteiger partial charge in [0.15, 0.2) is 0 Å². The highest BCUT2D eigenvalue weighted by molar-refractivity contribution is 4.97. The first kappa shape index (κ1) is 13.4. The summed E-state index contributed by atoms with van der Waals surface area (Å²) in [5, 5.41) is 3.75. The van der Waals surface area contributed by atoms with Crippen molar-refractivity contribution in [1.29, 1.82) is 0 Å². The Morgan fingerprint density at radius 1 is 1.29 bits per heavy atom. The van der Waals surface area contributed by atoms with Crippen LogP contribution in [0, 0.1) is 11.3 Å². The fourth-order valence-corrected chi connectivity index (χ4v) is 3.94. The average molecular weight is 238 g/mol. The summed E-state index contributed by atoms with van der Waals surface area (Å²) in [7, 11) is 0. The van der Waals surface area contributed by atoms with E-state index in [4.69, 9.17) is 0 Å². The second-order valence-electron chi connectivity index (χ2n) is 6.81. The SMILES string of the molecule is CCNC1C(CN2CCCC2C)CCC1(C)C. The number of hydrogen-bond acceptors (Lipinski definition) is 2. The van der Waals surface area contributed by atoms with Gasteiger partial charge in [0.1, 0.15) is 0 Å². The molecule has 1 saturated carbocycles. The molecule has 2 fully saturated rings. The Hall–Kier alpha value is -0.0800. The Morgan fingerprint density at radius 3 is 2.65 bits per heavy atom. The molecule has 1 aliphatic heterocycles. The molecule has 1 saturated heterocycles. The molecule has 2 rings (SSSR count). The summed E-state index contributed by atoms with van der Waals surface area (Å²) >= 11 is 0. The van der Waals surface area contributed by atoms with Crippen molar-refractivity contribution in [2.75, 3.05) is 19.6 Å². The number of rotatable bonds is 4. The molecular weight excluding hydrogens is 208 g/mol. The molecule has 3 unspecified atom stereocenters. The normalized spacial score (nSPS) is 37.8. The van der Waals surface area contributed by atoms with E-state index in [1.54, 1.807) is 0 Å². The summed E-state index contributed by atoms with van der Waals surface area (Å²) in [6.07, 6.45) is 5.61. The summed E-state index contributed by atoms with van der Waals surface area (Å²) in [5.41, 5.74) is 0.490. The highest BCUT2D eigenvalue weighted by atomic mass is 15.2. The number of nitrogens with one attached hydrogen (secondary N) is 1. The lowest BCUT2D eigenvalue weighted by Crippen LogP contribution is -2.46. The number of likely N-dealkylation sites (tertiary alicyclic amines) is 1. The van der Waals surface area contributed by atoms with Gasteiger partial charge in [-0.3, -0.25) is 0 Å². The lowest BCUT2D eigenvalue weighted by Gasteiger charge is -2.34. The zero-order valence-corrected chi connectivity index (χ0v) is 12.1. The van der Waals surface area contributed by atoms with Gasteiger partial charge in [-0.2, -0.15) is 0 Å². The predicted molar refractivity (Wildman–Crippen MR) is 74.2 cm³/mol. The molecule has 2 nitrogen and oxygen atoms in total. The quantitative estimate of drug-likeness (QED) is 0.810. The molecule has 2 heteroatoms. The van der Waals surface area contributed by atoms with Crippen molar-refractivity contribution in [2.45, 2.75) is 65.5 Å². The van der Waals surface area contributed by atoms with Crippen LogP contribution in [0.3, 0.4) is 0 Å². The smallest absolute Gasteiger partial charge is 0.0159 e. The third-order valence-corrected chi connectivity index (χ3v) is 5.06. The fourth-order valence-electron chi connectivity index (χ4n) is 3.94. The van der Waals surface area contributed by atoms with E-state index in [0.717, 1.165) is 24.5 Å². The van der Waals surface area contributed by atoms with Gasteiger partial charge in [-0.1, -0.05) is 20.8 Å². The first-order valence-corrected chi connectivity index (χ1v) is 7.52. The van der Waals surface area contributed by atoms with Crippen LogP contribution in [0.15, 0.2) is 0 Å². The van der Waals surface area contributed by atoms with Crippen LogP contribution in [0.4, 0.5) is 0 Å². The molecule has 1 aliphatic carbocycles. The van der Waals surface area contributed by atoms with Gasteiger partial charge < -0.3 is 10.2 Å². The third kappa shape index (κ3) is 2.85. The van der Waals surface area contributed by atoms with Crippen molar-refractivity contribution < 1.29 is 0 Å². The molecule has 100 valence electrons. The molecule has 0 amide bonds. The molecule has 1 heterocycles. The molecular formula is C15H30N2. The molecule has 3 atom stereocenters. The Bertz CT molecular complexity index is 249. The largest absolute Gasteiger partial charge is 0.313 e. The molecule has 2 aliphatic rings. The summed E-state index contributed by atoms with van der Waals surface area (Å²) in [5.74, 6) is 0.866. The van der Waals surface area contributed by atoms with E-state index in [0.29, 0.717) is 5.41 Å². The zero-order chi connectivity index (χ0) is 12.5. The minimum atomic E-state index is 0.490. The molecule has 0 radical (unpaired) electrons. The molecule has 1 N–H and O–H groups in total. The number of nitrogens with zero attached hydrogens (tertiary/aromatic N) is 1. The summed E-state index contributed by atoms with van der Waals surface area (Å²) in [4.78, 5) is 2.72. The van der Waals surface area contributed by atoms with Crippen LogP contribution in [-0.2, 0) is 0 Å². The third-order valence-electron chi connectivity index (χ3n) is 5.06. The van der Waals surface area contributed by atoms with Gasteiger partial charge in [-0.15, -0.1) is 0 Å². The van der Waals surface area contributed by atoms with Gasteiger partial charge in [0.2, 0.25) is 0 Å². The highest BCUT2D eigenvalue weighted by Gasteiger charge is 2.42. The molecule has 0 aromatic carbocycles. The van der Waals surface area contributed by atoms with Gasteiger partial charge in [0, 0.05) is 18.6 Å². The molecule has 0 spiro atoms. The van der Waals surface area contributed by atoms with Gasteiger partial charge in [-0.25, -0.2) is 0 Å². The van der Waals surface area contributed by atoms with Crippen molar-refractivity contribution in [3.8, 4) is 0 Å². The molecule has 0 aromatic heterocycles. The maximum atomic E-state index is 3.75. The van der Waals surface area contributed by atoms with Gasteiger partial charge in [-0.05, 0) is 57.0 Å². The lowest BCUT2D eigenvalue weighted by molar-refractivity contribution is 0.181.